The van der Waals surface area contributed by atoms with E-state index in [-0.39, 0.29) is 0 Å². The van der Waals surface area contributed by atoms with Crippen LogP contribution >= 0.6 is 66.7 Å². The number of halogens is 2. The molecule has 0 nitrogen and oxygen atoms in total. The van der Waals surface area contributed by atoms with Crippen molar-refractivity contribution < 1.29 is 0 Å². The average molecular weight is 416 g/mol. The second-order valence-corrected chi connectivity index (χ2v) is 9.08. The van der Waals surface area contributed by atoms with E-state index in [1.807, 2.05) is 11.3 Å². The van der Waals surface area contributed by atoms with Crippen molar-refractivity contribution in [2.75, 3.05) is 11.5 Å². The van der Waals surface area contributed by atoms with Gasteiger partial charge in [-0.05, 0) is 56.2 Å². The van der Waals surface area contributed by atoms with E-state index >= 15 is 0 Å². The van der Waals surface area contributed by atoms with Gasteiger partial charge < -0.3 is 0 Å². The molecule has 2 heterocycles. The van der Waals surface area contributed by atoms with Crippen molar-refractivity contribution in [3.8, 4) is 0 Å². The molecule has 96 valence electrons. The van der Waals surface area contributed by atoms with Crippen LogP contribution in [-0.4, -0.2) is 11.5 Å². The van der Waals surface area contributed by atoms with E-state index in [2.05, 4.69) is 55.4 Å². The largest absolute Gasteiger partial charge is 0.156 e. The zero-order chi connectivity index (χ0) is 12.1. The number of thioether (sulfide) groups is 2. The monoisotopic (exact) mass is 414 g/mol. The summed E-state index contributed by atoms with van der Waals surface area (Å²) in [6.07, 6.45) is 5.58. The molecule has 17 heavy (non-hydrogen) atoms. The van der Waals surface area contributed by atoms with Gasteiger partial charge in [-0.15, -0.1) is 11.3 Å². The molecule has 1 aliphatic rings. The zero-order valence-corrected chi connectivity index (χ0v) is 15.3. The molecular formula is C12H16Br2S3. The van der Waals surface area contributed by atoms with Crippen molar-refractivity contribution in [3.05, 3.63) is 18.7 Å². The second kappa shape index (κ2) is 7.83. The van der Waals surface area contributed by atoms with E-state index in [9.17, 15) is 0 Å². The van der Waals surface area contributed by atoms with E-state index in [0.29, 0.717) is 0 Å². The van der Waals surface area contributed by atoms with Crippen molar-refractivity contribution in [3.63, 3.8) is 0 Å². The standard InChI is InChI=1S/C12H16Br2S3/c13-11-9-7-15-5-3-1-2-4-6-16-8-10(17-9)12(11)14/h1-8H2. The first-order chi connectivity index (χ1) is 8.29. The van der Waals surface area contributed by atoms with Gasteiger partial charge in [0.15, 0.2) is 0 Å². The number of thiophene rings is 1. The summed E-state index contributed by atoms with van der Waals surface area (Å²) in [5, 5.41) is 0. The van der Waals surface area contributed by atoms with Crippen LogP contribution in [0, 0.1) is 0 Å². The number of fused-ring (bicyclic) bond motifs is 2. The minimum atomic E-state index is 1.16. The van der Waals surface area contributed by atoms with Crippen LogP contribution < -0.4 is 0 Å². The van der Waals surface area contributed by atoms with Gasteiger partial charge in [-0.3, -0.25) is 0 Å². The number of hydrogen-bond donors (Lipinski definition) is 0. The Morgan fingerprint density at radius 1 is 0.706 bits per heavy atom. The van der Waals surface area contributed by atoms with Gasteiger partial charge in [0.25, 0.3) is 0 Å². The van der Waals surface area contributed by atoms with Crippen LogP contribution in [0.5, 0.6) is 0 Å². The Bertz CT molecular complexity index is 330. The maximum absolute atomic E-state index is 3.72. The predicted molar refractivity (Wildman–Crippen MR) is 90.5 cm³/mol. The average Bonchev–Trinajstić information content (AvgIpc) is 2.61. The Labute approximate surface area is 133 Å². The molecule has 0 atom stereocenters. The van der Waals surface area contributed by atoms with Gasteiger partial charge >= 0.3 is 0 Å². The third-order valence-electron chi connectivity index (χ3n) is 2.72. The SMILES string of the molecule is Brc1c2sc(c1Br)CSCCCCCCSC2. The van der Waals surface area contributed by atoms with Crippen LogP contribution in [0.1, 0.15) is 35.4 Å². The Morgan fingerprint density at radius 2 is 1.18 bits per heavy atom. The van der Waals surface area contributed by atoms with Crippen LogP contribution in [0.15, 0.2) is 8.95 Å². The molecule has 0 unspecified atom stereocenters. The molecule has 1 aromatic heterocycles. The fourth-order valence-corrected chi connectivity index (χ4v) is 7.06. The maximum Gasteiger partial charge on any atom is 0.0468 e. The highest BCUT2D eigenvalue weighted by molar-refractivity contribution is 9.13. The molecule has 5 heteroatoms. The Morgan fingerprint density at radius 3 is 1.65 bits per heavy atom. The highest BCUT2D eigenvalue weighted by Gasteiger charge is 2.14. The normalized spacial score (nSPS) is 19.2. The van der Waals surface area contributed by atoms with Crippen LogP contribution in [0.25, 0.3) is 0 Å². The fraction of sp³-hybridized carbons (Fsp3) is 0.667. The van der Waals surface area contributed by atoms with Crippen LogP contribution in [-0.2, 0) is 11.5 Å². The summed E-state index contributed by atoms with van der Waals surface area (Å²) in [5.74, 6) is 4.94. The summed E-state index contributed by atoms with van der Waals surface area (Å²) in [6.45, 7) is 0. The maximum atomic E-state index is 3.72. The summed E-state index contributed by atoms with van der Waals surface area (Å²) >= 11 is 13.6. The number of hydrogen-bond acceptors (Lipinski definition) is 3. The Kier molecular flexibility index (Phi) is 6.80. The summed E-state index contributed by atoms with van der Waals surface area (Å²) in [5.41, 5.74) is 0. The van der Waals surface area contributed by atoms with Crippen molar-refractivity contribution in [1.82, 2.24) is 0 Å². The van der Waals surface area contributed by atoms with Gasteiger partial charge in [0.1, 0.15) is 0 Å². The zero-order valence-electron chi connectivity index (χ0n) is 9.64. The topological polar surface area (TPSA) is 0 Å². The summed E-state index contributed by atoms with van der Waals surface area (Å²) in [7, 11) is 0. The van der Waals surface area contributed by atoms with E-state index < -0.39 is 0 Å². The summed E-state index contributed by atoms with van der Waals surface area (Å²) < 4.78 is 2.59. The highest BCUT2D eigenvalue weighted by Crippen LogP contribution is 2.41. The molecule has 0 amide bonds. The van der Waals surface area contributed by atoms with E-state index in [0.717, 1.165) is 11.5 Å². The molecule has 1 aliphatic heterocycles. The molecule has 0 radical (unpaired) electrons. The first-order valence-electron chi connectivity index (χ1n) is 5.90. The molecule has 0 saturated carbocycles. The smallest absolute Gasteiger partial charge is 0.0468 e. The lowest BCUT2D eigenvalue weighted by atomic mass is 10.2. The van der Waals surface area contributed by atoms with Crippen molar-refractivity contribution in [1.29, 1.82) is 0 Å². The lowest BCUT2D eigenvalue weighted by Gasteiger charge is -2.02. The van der Waals surface area contributed by atoms with Crippen LogP contribution in [0.2, 0.25) is 0 Å². The molecule has 0 N–H and O–H groups in total. The minimum Gasteiger partial charge on any atom is -0.156 e. The third-order valence-corrected chi connectivity index (χ3v) is 9.23. The quantitative estimate of drug-likeness (QED) is 0.486. The van der Waals surface area contributed by atoms with E-state index in [1.54, 1.807) is 0 Å². The number of rotatable bonds is 0. The minimum absolute atomic E-state index is 1.16. The van der Waals surface area contributed by atoms with E-state index in [4.69, 9.17) is 0 Å². The van der Waals surface area contributed by atoms with E-state index in [1.165, 1.54) is 55.9 Å². The second-order valence-electron chi connectivity index (χ2n) is 4.10. The molecule has 0 aromatic carbocycles. The highest BCUT2D eigenvalue weighted by atomic mass is 79.9. The van der Waals surface area contributed by atoms with Gasteiger partial charge in [0.05, 0.1) is 0 Å². The molecule has 0 fully saturated rings. The molecule has 0 spiro atoms. The molecule has 1 aromatic rings. The Hall–Kier alpha value is 1.36. The fourth-order valence-electron chi connectivity index (χ4n) is 1.76. The van der Waals surface area contributed by atoms with Gasteiger partial charge in [-0.2, -0.15) is 23.5 Å². The lowest BCUT2D eigenvalue weighted by Crippen LogP contribution is -1.86. The van der Waals surface area contributed by atoms with Crippen LogP contribution in [0.3, 0.4) is 0 Å². The predicted octanol–water partition coefficient (Wildman–Crippen LogP) is 6.31. The molecular weight excluding hydrogens is 400 g/mol. The van der Waals surface area contributed by atoms with Crippen molar-refractivity contribution in [2.24, 2.45) is 0 Å². The Balaban J connectivity index is 2.06. The van der Waals surface area contributed by atoms with Crippen LogP contribution in [0.4, 0.5) is 0 Å². The first-order valence-corrected chi connectivity index (χ1v) is 10.6. The van der Waals surface area contributed by atoms with Crippen molar-refractivity contribution in [2.45, 2.75) is 37.2 Å². The molecule has 2 rings (SSSR count). The molecule has 0 saturated heterocycles. The molecule has 2 bridgehead atoms. The summed E-state index contributed by atoms with van der Waals surface area (Å²) in [4.78, 5) is 2.99. The van der Waals surface area contributed by atoms with Gasteiger partial charge in [0.2, 0.25) is 0 Å². The molecule has 0 aliphatic carbocycles. The first kappa shape index (κ1) is 14.8. The van der Waals surface area contributed by atoms with Gasteiger partial charge in [0, 0.05) is 30.2 Å². The third kappa shape index (κ3) is 4.44. The van der Waals surface area contributed by atoms with Crippen molar-refractivity contribution >= 4 is 66.7 Å². The van der Waals surface area contributed by atoms with Gasteiger partial charge in [-0.1, -0.05) is 12.8 Å². The lowest BCUT2D eigenvalue weighted by molar-refractivity contribution is 0.711. The van der Waals surface area contributed by atoms with Gasteiger partial charge in [-0.25, -0.2) is 0 Å². The summed E-state index contributed by atoms with van der Waals surface area (Å²) in [6, 6.07) is 0.